The Hall–Kier alpha value is -1.90. The summed E-state index contributed by atoms with van der Waals surface area (Å²) in [5.74, 6) is 0.676. The zero-order valence-electron chi connectivity index (χ0n) is 10.4. The summed E-state index contributed by atoms with van der Waals surface area (Å²) >= 11 is 0. The second-order valence-corrected chi connectivity index (χ2v) is 4.98. The molecule has 1 aliphatic rings. The van der Waals surface area contributed by atoms with Crippen LogP contribution in [0.25, 0.3) is 10.9 Å². The number of fused-ring (bicyclic) bond motifs is 1. The molecule has 1 saturated carbocycles. The van der Waals surface area contributed by atoms with Crippen molar-refractivity contribution in [2.45, 2.75) is 25.8 Å². The molecule has 1 heterocycles. The highest BCUT2D eigenvalue weighted by Gasteiger charge is 2.29. The van der Waals surface area contributed by atoms with Gasteiger partial charge >= 0.3 is 0 Å². The van der Waals surface area contributed by atoms with Gasteiger partial charge in [-0.1, -0.05) is 12.1 Å². The summed E-state index contributed by atoms with van der Waals surface area (Å²) in [6, 6.07) is 9.74. The quantitative estimate of drug-likeness (QED) is 0.896. The highest BCUT2D eigenvalue weighted by atomic mass is 16.1. The van der Waals surface area contributed by atoms with Crippen LogP contribution in [0.1, 0.15) is 30.1 Å². The van der Waals surface area contributed by atoms with E-state index in [1.165, 1.54) is 12.8 Å². The first kappa shape index (κ1) is 11.2. The number of carbonyl (C=O) groups excluding carboxylic acids is 1. The van der Waals surface area contributed by atoms with E-state index in [1.807, 2.05) is 30.3 Å². The van der Waals surface area contributed by atoms with E-state index in [-0.39, 0.29) is 11.9 Å². The van der Waals surface area contributed by atoms with Crippen LogP contribution in [-0.2, 0) is 0 Å². The first-order chi connectivity index (χ1) is 8.75. The number of pyridine rings is 1. The average Bonchev–Trinajstić information content (AvgIpc) is 3.22. The molecule has 1 aromatic heterocycles. The first-order valence-corrected chi connectivity index (χ1v) is 6.40. The molecule has 0 spiro atoms. The number of hydrogen-bond acceptors (Lipinski definition) is 2. The van der Waals surface area contributed by atoms with Gasteiger partial charge in [-0.15, -0.1) is 0 Å². The summed E-state index contributed by atoms with van der Waals surface area (Å²) in [5, 5.41) is 4.00. The Labute approximate surface area is 106 Å². The lowest BCUT2D eigenvalue weighted by Gasteiger charge is -2.13. The smallest absolute Gasteiger partial charge is 0.252 e. The zero-order valence-corrected chi connectivity index (χ0v) is 10.4. The number of benzene rings is 1. The van der Waals surface area contributed by atoms with Gasteiger partial charge in [0.2, 0.25) is 0 Å². The van der Waals surface area contributed by atoms with Gasteiger partial charge in [0, 0.05) is 23.2 Å². The normalized spacial score (nSPS) is 16.5. The van der Waals surface area contributed by atoms with Crippen LogP contribution in [0.2, 0.25) is 0 Å². The van der Waals surface area contributed by atoms with Crippen molar-refractivity contribution in [3.8, 4) is 0 Å². The second kappa shape index (κ2) is 4.41. The standard InChI is InChI=1S/C15H16N2O/c1-10(11-7-8-11)17-15(18)13-4-2-6-14-12(13)5-3-9-16-14/h2-6,9-11H,7-8H2,1H3,(H,17,18). The van der Waals surface area contributed by atoms with Crippen molar-refractivity contribution in [3.63, 3.8) is 0 Å². The zero-order chi connectivity index (χ0) is 12.5. The summed E-state index contributed by atoms with van der Waals surface area (Å²) < 4.78 is 0. The number of nitrogens with one attached hydrogen (secondary N) is 1. The van der Waals surface area contributed by atoms with E-state index in [2.05, 4.69) is 17.2 Å². The highest BCUT2D eigenvalue weighted by molar-refractivity contribution is 6.06. The summed E-state index contributed by atoms with van der Waals surface area (Å²) in [5.41, 5.74) is 1.58. The van der Waals surface area contributed by atoms with E-state index in [9.17, 15) is 4.79 Å². The van der Waals surface area contributed by atoms with Crippen molar-refractivity contribution in [1.82, 2.24) is 10.3 Å². The van der Waals surface area contributed by atoms with Crippen molar-refractivity contribution < 1.29 is 4.79 Å². The molecular formula is C15H16N2O. The molecule has 3 nitrogen and oxygen atoms in total. The van der Waals surface area contributed by atoms with Crippen LogP contribution in [0.15, 0.2) is 36.5 Å². The monoisotopic (exact) mass is 240 g/mol. The third kappa shape index (κ3) is 2.08. The second-order valence-electron chi connectivity index (χ2n) is 4.98. The summed E-state index contributed by atoms with van der Waals surface area (Å²) in [7, 11) is 0. The van der Waals surface area contributed by atoms with Gasteiger partial charge in [0.05, 0.1) is 5.52 Å². The molecule has 1 N–H and O–H groups in total. The molecule has 1 fully saturated rings. The Morgan fingerprint density at radius 2 is 2.17 bits per heavy atom. The number of aromatic nitrogens is 1. The average molecular weight is 240 g/mol. The van der Waals surface area contributed by atoms with Crippen LogP contribution in [0, 0.1) is 5.92 Å². The molecular weight excluding hydrogens is 224 g/mol. The Bertz CT molecular complexity index is 585. The van der Waals surface area contributed by atoms with Crippen LogP contribution in [0.5, 0.6) is 0 Å². The highest BCUT2D eigenvalue weighted by Crippen LogP contribution is 2.32. The van der Waals surface area contributed by atoms with Gasteiger partial charge in [-0.25, -0.2) is 0 Å². The molecule has 2 aromatic rings. The molecule has 1 unspecified atom stereocenters. The van der Waals surface area contributed by atoms with Gasteiger partial charge in [0.1, 0.15) is 0 Å². The Kier molecular flexibility index (Phi) is 2.74. The molecule has 1 amide bonds. The Balaban J connectivity index is 1.90. The lowest BCUT2D eigenvalue weighted by Crippen LogP contribution is -2.34. The summed E-state index contributed by atoms with van der Waals surface area (Å²) in [4.78, 5) is 16.5. The molecule has 92 valence electrons. The minimum Gasteiger partial charge on any atom is -0.349 e. The Morgan fingerprint density at radius 3 is 2.94 bits per heavy atom. The van der Waals surface area contributed by atoms with Crippen LogP contribution < -0.4 is 5.32 Å². The van der Waals surface area contributed by atoms with Crippen LogP contribution in [0.3, 0.4) is 0 Å². The van der Waals surface area contributed by atoms with E-state index in [0.29, 0.717) is 11.5 Å². The van der Waals surface area contributed by atoms with Gasteiger partial charge in [0.25, 0.3) is 5.91 Å². The van der Waals surface area contributed by atoms with E-state index >= 15 is 0 Å². The van der Waals surface area contributed by atoms with Crippen molar-refractivity contribution in [3.05, 3.63) is 42.1 Å². The minimum absolute atomic E-state index is 0.00741. The molecule has 0 aliphatic heterocycles. The first-order valence-electron chi connectivity index (χ1n) is 6.40. The van der Waals surface area contributed by atoms with Crippen molar-refractivity contribution in [2.24, 2.45) is 5.92 Å². The molecule has 1 aromatic carbocycles. The van der Waals surface area contributed by atoms with E-state index in [1.54, 1.807) is 6.20 Å². The van der Waals surface area contributed by atoms with Gasteiger partial charge < -0.3 is 5.32 Å². The molecule has 3 heteroatoms. The number of carbonyl (C=O) groups is 1. The fraction of sp³-hybridized carbons (Fsp3) is 0.333. The molecule has 0 saturated heterocycles. The third-order valence-electron chi connectivity index (χ3n) is 3.58. The minimum atomic E-state index is 0.00741. The summed E-state index contributed by atoms with van der Waals surface area (Å²) in [6.45, 7) is 2.08. The number of amides is 1. The Morgan fingerprint density at radius 1 is 1.33 bits per heavy atom. The maximum absolute atomic E-state index is 12.3. The summed E-state index contributed by atoms with van der Waals surface area (Å²) in [6.07, 6.45) is 4.22. The maximum Gasteiger partial charge on any atom is 0.252 e. The molecule has 0 radical (unpaired) electrons. The van der Waals surface area contributed by atoms with Crippen molar-refractivity contribution >= 4 is 16.8 Å². The van der Waals surface area contributed by atoms with Crippen LogP contribution in [0.4, 0.5) is 0 Å². The molecule has 1 aliphatic carbocycles. The van der Waals surface area contributed by atoms with E-state index in [4.69, 9.17) is 0 Å². The molecule has 3 rings (SSSR count). The van der Waals surface area contributed by atoms with Gasteiger partial charge in [-0.2, -0.15) is 0 Å². The van der Waals surface area contributed by atoms with Crippen LogP contribution in [-0.4, -0.2) is 16.9 Å². The largest absolute Gasteiger partial charge is 0.349 e. The SMILES string of the molecule is CC(NC(=O)c1cccc2ncccc12)C1CC1. The van der Waals surface area contributed by atoms with Crippen molar-refractivity contribution in [2.75, 3.05) is 0 Å². The lowest BCUT2D eigenvalue weighted by atomic mass is 10.1. The molecule has 0 bridgehead atoms. The maximum atomic E-state index is 12.3. The molecule has 1 atom stereocenters. The fourth-order valence-electron chi connectivity index (χ4n) is 2.30. The van der Waals surface area contributed by atoms with Gasteiger partial charge in [0.15, 0.2) is 0 Å². The predicted octanol–water partition coefficient (Wildman–Crippen LogP) is 2.76. The number of hydrogen-bond donors (Lipinski definition) is 1. The molecule has 18 heavy (non-hydrogen) atoms. The lowest BCUT2D eigenvalue weighted by molar-refractivity contribution is 0.0937. The number of rotatable bonds is 3. The predicted molar refractivity (Wildman–Crippen MR) is 71.4 cm³/mol. The fourth-order valence-corrected chi connectivity index (χ4v) is 2.30. The van der Waals surface area contributed by atoms with Crippen molar-refractivity contribution in [1.29, 1.82) is 0 Å². The van der Waals surface area contributed by atoms with E-state index in [0.717, 1.165) is 10.9 Å². The topological polar surface area (TPSA) is 42.0 Å². The van der Waals surface area contributed by atoms with Gasteiger partial charge in [-0.3, -0.25) is 9.78 Å². The van der Waals surface area contributed by atoms with E-state index < -0.39 is 0 Å². The number of nitrogens with zero attached hydrogens (tertiary/aromatic N) is 1. The van der Waals surface area contributed by atoms with Gasteiger partial charge in [-0.05, 0) is 43.9 Å². The van der Waals surface area contributed by atoms with Crippen LogP contribution >= 0.6 is 0 Å². The third-order valence-corrected chi connectivity index (χ3v) is 3.58.